The molecule has 0 aromatic carbocycles. The molecule has 2 aromatic heterocycles. The molecule has 2 rings (SSSR count). The van der Waals surface area contributed by atoms with Crippen LogP contribution < -0.4 is 11.0 Å². The zero-order valence-electron chi connectivity index (χ0n) is 9.70. The molecular formula is C10H12N4O2S. The Morgan fingerprint density at radius 3 is 2.76 bits per heavy atom. The first kappa shape index (κ1) is 11.6. The maximum absolute atomic E-state index is 12.2. The predicted octanol–water partition coefficient (Wildman–Crippen LogP) is 0.796. The van der Waals surface area contributed by atoms with Crippen molar-refractivity contribution in [1.82, 2.24) is 14.2 Å². The van der Waals surface area contributed by atoms with Crippen molar-refractivity contribution in [3.05, 3.63) is 26.9 Å². The zero-order valence-corrected chi connectivity index (χ0v) is 10.5. The summed E-state index contributed by atoms with van der Waals surface area (Å²) < 4.78 is 2.96. The van der Waals surface area contributed by atoms with Crippen molar-refractivity contribution in [2.24, 2.45) is 7.05 Å². The van der Waals surface area contributed by atoms with Crippen molar-refractivity contribution in [3.8, 4) is 0 Å². The molecule has 0 radical (unpaired) electrons. The van der Waals surface area contributed by atoms with Crippen LogP contribution in [0.5, 0.6) is 0 Å². The van der Waals surface area contributed by atoms with Gasteiger partial charge in [0.15, 0.2) is 4.77 Å². The molecule has 0 atom stereocenters. The number of aryl methyl sites for hydroxylation is 2. The molecular weight excluding hydrogens is 240 g/mol. The number of hydrogen-bond donors (Lipinski definition) is 2. The second-order valence-corrected chi connectivity index (χ2v) is 4.23. The molecule has 0 spiro atoms. The molecule has 1 amide bonds. The van der Waals surface area contributed by atoms with Crippen LogP contribution in [0.3, 0.4) is 0 Å². The van der Waals surface area contributed by atoms with E-state index >= 15 is 0 Å². The van der Waals surface area contributed by atoms with Gasteiger partial charge in [-0.15, -0.1) is 0 Å². The van der Waals surface area contributed by atoms with E-state index in [9.17, 15) is 9.59 Å². The number of amides is 1. The van der Waals surface area contributed by atoms with E-state index in [2.05, 4.69) is 10.4 Å². The van der Waals surface area contributed by atoms with Crippen molar-refractivity contribution in [1.29, 1.82) is 0 Å². The fraction of sp³-hybridized carbons (Fsp3) is 0.300. The molecule has 0 saturated carbocycles. The SMILES string of the molecule is CC(=O)Nn1c(=S)[nH]c2cc(C)n(C)c2c1=O. The summed E-state index contributed by atoms with van der Waals surface area (Å²) in [6.45, 7) is 3.21. The van der Waals surface area contributed by atoms with Crippen molar-refractivity contribution in [2.45, 2.75) is 13.8 Å². The van der Waals surface area contributed by atoms with E-state index in [1.165, 1.54) is 6.92 Å². The van der Waals surface area contributed by atoms with Gasteiger partial charge in [-0.2, -0.15) is 4.68 Å². The van der Waals surface area contributed by atoms with Gasteiger partial charge in [0.05, 0.1) is 5.52 Å². The highest BCUT2D eigenvalue weighted by Gasteiger charge is 2.11. The first-order chi connectivity index (χ1) is 7.91. The highest BCUT2D eigenvalue weighted by atomic mass is 32.1. The summed E-state index contributed by atoms with van der Waals surface area (Å²) in [6, 6.07) is 1.84. The highest BCUT2D eigenvalue weighted by molar-refractivity contribution is 7.71. The molecule has 2 aromatic rings. The lowest BCUT2D eigenvalue weighted by Crippen LogP contribution is -2.33. The van der Waals surface area contributed by atoms with Gasteiger partial charge in [-0.1, -0.05) is 0 Å². The fourth-order valence-corrected chi connectivity index (χ4v) is 1.95. The first-order valence-electron chi connectivity index (χ1n) is 5.00. The number of aromatic nitrogens is 3. The van der Waals surface area contributed by atoms with Crippen molar-refractivity contribution in [2.75, 3.05) is 5.43 Å². The molecule has 0 aliphatic carbocycles. The first-order valence-corrected chi connectivity index (χ1v) is 5.41. The van der Waals surface area contributed by atoms with E-state index < -0.39 is 0 Å². The van der Waals surface area contributed by atoms with Gasteiger partial charge in [-0.05, 0) is 25.2 Å². The minimum absolute atomic E-state index is 0.170. The summed E-state index contributed by atoms with van der Waals surface area (Å²) in [4.78, 5) is 26.1. The third-order valence-corrected chi connectivity index (χ3v) is 2.88. The van der Waals surface area contributed by atoms with E-state index in [0.29, 0.717) is 11.0 Å². The Morgan fingerprint density at radius 2 is 2.18 bits per heavy atom. The highest BCUT2D eigenvalue weighted by Crippen LogP contribution is 2.11. The Bertz CT molecular complexity index is 722. The van der Waals surface area contributed by atoms with Crippen LogP contribution in [0, 0.1) is 11.7 Å². The van der Waals surface area contributed by atoms with Gasteiger partial charge in [-0.3, -0.25) is 15.0 Å². The number of aromatic amines is 1. The lowest BCUT2D eigenvalue weighted by Gasteiger charge is -2.06. The summed E-state index contributed by atoms with van der Waals surface area (Å²) >= 11 is 5.02. The van der Waals surface area contributed by atoms with Crippen LogP contribution >= 0.6 is 12.2 Å². The van der Waals surface area contributed by atoms with Crippen LogP contribution in [-0.4, -0.2) is 20.1 Å². The van der Waals surface area contributed by atoms with Crippen molar-refractivity contribution in [3.63, 3.8) is 0 Å². The van der Waals surface area contributed by atoms with E-state index in [4.69, 9.17) is 12.2 Å². The van der Waals surface area contributed by atoms with Crippen LogP contribution in [0.1, 0.15) is 12.6 Å². The van der Waals surface area contributed by atoms with E-state index in [1.54, 1.807) is 11.6 Å². The maximum atomic E-state index is 12.2. The third kappa shape index (κ3) is 1.78. The van der Waals surface area contributed by atoms with Gasteiger partial charge in [0.1, 0.15) is 5.52 Å². The standard InChI is InChI=1S/C10H12N4O2S/c1-5-4-7-8(13(5)3)9(16)14(10(17)11-7)12-6(2)15/h4H,1-3H3,(H,11,17)(H,12,15). The van der Waals surface area contributed by atoms with Crippen LogP contribution in [0.15, 0.2) is 10.9 Å². The van der Waals surface area contributed by atoms with Crippen LogP contribution in [0.2, 0.25) is 0 Å². The fourth-order valence-electron chi connectivity index (χ4n) is 1.71. The minimum Gasteiger partial charge on any atom is -0.342 e. The van der Waals surface area contributed by atoms with Crippen LogP contribution in [0.4, 0.5) is 0 Å². The molecule has 0 aliphatic rings. The van der Waals surface area contributed by atoms with Gasteiger partial charge in [0.25, 0.3) is 5.56 Å². The quantitative estimate of drug-likeness (QED) is 0.737. The normalized spacial score (nSPS) is 10.8. The lowest BCUT2D eigenvalue weighted by atomic mass is 10.4. The van der Waals surface area contributed by atoms with E-state index in [-0.39, 0.29) is 16.2 Å². The number of fused-ring (bicyclic) bond motifs is 1. The molecule has 0 aliphatic heterocycles. The summed E-state index contributed by atoms with van der Waals surface area (Å²) in [5, 5.41) is 0. The van der Waals surface area contributed by atoms with E-state index in [0.717, 1.165) is 10.4 Å². The van der Waals surface area contributed by atoms with Crippen LogP contribution in [-0.2, 0) is 11.8 Å². The van der Waals surface area contributed by atoms with Gasteiger partial charge in [-0.25, -0.2) is 0 Å². The predicted molar refractivity (Wildman–Crippen MR) is 67.1 cm³/mol. The maximum Gasteiger partial charge on any atom is 0.297 e. The second-order valence-electron chi connectivity index (χ2n) is 3.85. The average molecular weight is 252 g/mol. The number of H-pyrrole nitrogens is 1. The van der Waals surface area contributed by atoms with Crippen molar-refractivity contribution >= 4 is 29.2 Å². The Hall–Kier alpha value is -1.89. The number of carbonyl (C=O) groups excluding carboxylic acids is 1. The number of hydrogen-bond acceptors (Lipinski definition) is 3. The van der Waals surface area contributed by atoms with E-state index in [1.807, 2.05) is 13.0 Å². The Kier molecular flexibility index (Phi) is 2.62. The molecule has 17 heavy (non-hydrogen) atoms. The molecule has 0 saturated heterocycles. The molecule has 2 N–H and O–H groups in total. The van der Waals surface area contributed by atoms with Crippen molar-refractivity contribution < 1.29 is 4.79 Å². The smallest absolute Gasteiger partial charge is 0.297 e. The summed E-state index contributed by atoms with van der Waals surface area (Å²) in [5.41, 5.74) is 4.13. The number of nitrogens with one attached hydrogen (secondary N) is 2. The molecule has 7 heteroatoms. The Morgan fingerprint density at radius 1 is 1.53 bits per heavy atom. The summed E-state index contributed by atoms with van der Waals surface area (Å²) in [7, 11) is 1.79. The molecule has 0 fully saturated rings. The molecule has 6 nitrogen and oxygen atoms in total. The van der Waals surface area contributed by atoms with Gasteiger partial charge in [0.2, 0.25) is 5.91 Å². The third-order valence-electron chi connectivity index (χ3n) is 2.59. The number of rotatable bonds is 1. The molecule has 2 heterocycles. The largest absolute Gasteiger partial charge is 0.342 e. The number of carbonyl (C=O) groups is 1. The van der Waals surface area contributed by atoms with Gasteiger partial charge in [0, 0.05) is 19.7 Å². The average Bonchev–Trinajstić information content (AvgIpc) is 2.49. The number of nitrogens with zero attached hydrogens (tertiary/aromatic N) is 2. The van der Waals surface area contributed by atoms with Gasteiger partial charge < -0.3 is 9.55 Å². The molecule has 0 bridgehead atoms. The Balaban J connectivity index is 2.88. The summed E-state index contributed by atoms with van der Waals surface area (Å²) in [5.74, 6) is -0.350. The molecule has 0 unspecified atom stereocenters. The van der Waals surface area contributed by atoms with Gasteiger partial charge >= 0.3 is 0 Å². The lowest BCUT2D eigenvalue weighted by molar-refractivity contribution is -0.115. The minimum atomic E-state index is -0.350. The Labute approximate surface area is 102 Å². The monoisotopic (exact) mass is 252 g/mol. The molecule has 90 valence electrons. The zero-order chi connectivity index (χ0) is 12.7. The summed E-state index contributed by atoms with van der Waals surface area (Å²) in [6.07, 6.45) is 0. The van der Waals surface area contributed by atoms with Crippen LogP contribution in [0.25, 0.3) is 11.0 Å². The topological polar surface area (TPSA) is 71.8 Å². The second kappa shape index (κ2) is 3.85.